The molecule has 2 fully saturated rings. The van der Waals surface area contributed by atoms with Crippen LogP contribution in [0.25, 0.3) is 10.9 Å². The van der Waals surface area contributed by atoms with Crippen molar-refractivity contribution in [2.24, 2.45) is 5.92 Å². The molecule has 1 saturated carbocycles. The zero-order valence-electron chi connectivity index (χ0n) is 17.6. The second-order valence-corrected chi connectivity index (χ2v) is 8.91. The highest BCUT2D eigenvalue weighted by molar-refractivity contribution is 5.83. The van der Waals surface area contributed by atoms with Gasteiger partial charge in [0.25, 0.3) is 0 Å². The lowest BCUT2D eigenvalue weighted by Gasteiger charge is -2.28. The number of aryl methyl sites for hydroxylation is 1. The van der Waals surface area contributed by atoms with Gasteiger partial charge in [-0.15, -0.1) is 0 Å². The van der Waals surface area contributed by atoms with E-state index >= 15 is 0 Å². The lowest BCUT2D eigenvalue weighted by Crippen LogP contribution is -2.29. The number of hydrogen-bond acceptors (Lipinski definition) is 2. The minimum Gasteiger partial charge on any atom is -0.299 e. The van der Waals surface area contributed by atoms with Gasteiger partial charge in [0.05, 0.1) is 5.52 Å². The third-order valence-corrected chi connectivity index (χ3v) is 6.85. The first kappa shape index (κ1) is 19.6. The molecule has 2 nitrogen and oxygen atoms in total. The first-order valence-corrected chi connectivity index (χ1v) is 11.6. The fourth-order valence-corrected chi connectivity index (χ4v) is 5.20. The maximum atomic E-state index is 4.94. The van der Waals surface area contributed by atoms with Crippen molar-refractivity contribution in [2.75, 3.05) is 13.1 Å². The Labute approximate surface area is 171 Å². The molecule has 2 heterocycles. The Morgan fingerprint density at radius 3 is 2.57 bits per heavy atom. The van der Waals surface area contributed by atoms with Crippen molar-refractivity contribution in [1.29, 1.82) is 0 Å². The van der Waals surface area contributed by atoms with Crippen LogP contribution in [-0.2, 0) is 13.0 Å². The summed E-state index contributed by atoms with van der Waals surface area (Å²) in [6.45, 7) is 5.77. The number of likely N-dealkylation sites (tertiary alicyclic amines) is 1. The van der Waals surface area contributed by atoms with Crippen LogP contribution < -0.4 is 0 Å². The van der Waals surface area contributed by atoms with Gasteiger partial charge in [0.1, 0.15) is 0 Å². The average Bonchev–Trinajstić information content (AvgIpc) is 3.24. The maximum Gasteiger partial charge on any atom is 0.0708 e. The van der Waals surface area contributed by atoms with E-state index in [1.165, 1.54) is 93.1 Å². The van der Waals surface area contributed by atoms with E-state index in [-0.39, 0.29) is 0 Å². The molecule has 1 saturated heterocycles. The van der Waals surface area contributed by atoms with Gasteiger partial charge in [-0.3, -0.25) is 9.88 Å². The quantitative estimate of drug-likeness (QED) is 0.506. The van der Waals surface area contributed by atoms with Crippen LogP contribution >= 0.6 is 0 Å². The largest absolute Gasteiger partial charge is 0.299 e. The molecule has 1 aliphatic carbocycles. The zero-order chi connectivity index (χ0) is 19.2. The highest BCUT2D eigenvalue weighted by Gasteiger charge is 2.17. The monoisotopic (exact) mass is 376 g/mol. The molecule has 28 heavy (non-hydrogen) atoms. The molecular weight excluding hydrogens is 340 g/mol. The van der Waals surface area contributed by atoms with Crippen LogP contribution in [0.1, 0.15) is 74.6 Å². The summed E-state index contributed by atoms with van der Waals surface area (Å²) >= 11 is 0. The third kappa shape index (κ3) is 4.84. The smallest absolute Gasteiger partial charge is 0.0708 e. The van der Waals surface area contributed by atoms with Crippen LogP contribution in [0.3, 0.4) is 0 Å². The normalized spacial score (nSPS) is 19.2. The molecule has 0 bridgehead atoms. The van der Waals surface area contributed by atoms with Crippen LogP contribution in [0.15, 0.2) is 36.4 Å². The molecule has 0 spiro atoms. The first-order valence-electron chi connectivity index (χ1n) is 11.6. The van der Waals surface area contributed by atoms with Gasteiger partial charge in [0.2, 0.25) is 0 Å². The standard InChI is InChI=1S/C26H36N2/c1-21-23(15-5-2-4-12-22-13-6-7-14-22)25(20-28-18-10-3-11-19-28)24-16-8-9-17-26(24)27-21/h2,5,8-9,16-17,22H,3-4,6-7,10-15,18-20H2,1H3/b5-2+. The van der Waals surface area contributed by atoms with Crippen molar-refractivity contribution in [3.05, 3.63) is 53.2 Å². The van der Waals surface area contributed by atoms with E-state index in [0.29, 0.717) is 0 Å². The van der Waals surface area contributed by atoms with E-state index in [9.17, 15) is 0 Å². The summed E-state index contributed by atoms with van der Waals surface area (Å²) in [5, 5.41) is 1.35. The highest BCUT2D eigenvalue weighted by Crippen LogP contribution is 2.29. The lowest BCUT2D eigenvalue weighted by molar-refractivity contribution is 0.221. The first-order chi connectivity index (χ1) is 13.8. The zero-order valence-corrected chi connectivity index (χ0v) is 17.6. The number of nitrogens with zero attached hydrogens (tertiary/aromatic N) is 2. The van der Waals surface area contributed by atoms with Gasteiger partial charge in [0.15, 0.2) is 0 Å². The van der Waals surface area contributed by atoms with Crippen LogP contribution in [0.5, 0.6) is 0 Å². The van der Waals surface area contributed by atoms with Gasteiger partial charge in [-0.25, -0.2) is 0 Å². The SMILES string of the molecule is Cc1nc2ccccc2c(CN2CCCCC2)c1C/C=C/CCC1CCCC1. The maximum absolute atomic E-state index is 4.94. The fraction of sp³-hybridized carbons (Fsp3) is 0.577. The van der Waals surface area contributed by atoms with Gasteiger partial charge < -0.3 is 0 Å². The summed E-state index contributed by atoms with van der Waals surface area (Å²) in [4.78, 5) is 7.59. The Kier molecular flexibility index (Phi) is 6.80. The Bertz CT molecular complexity index is 795. The Morgan fingerprint density at radius 1 is 0.964 bits per heavy atom. The summed E-state index contributed by atoms with van der Waals surface area (Å²) in [5.41, 5.74) is 5.35. The molecule has 0 atom stereocenters. The number of hydrogen-bond donors (Lipinski definition) is 0. The molecular formula is C26H36N2. The van der Waals surface area contributed by atoms with Gasteiger partial charge in [0, 0.05) is 17.6 Å². The average molecular weight is 377 g/mol. The third-order valence-electron chi connectivity index (χ3n) is 6.85. The predicted molar refractivity (Wildman–Crippen MR) is 120 cm³/mol. The van der Waals surface area contributed by atoms with Crippen LogP contribution in [0.2, 0.25) is 0 Å². The Hall–Kier alpha value is -1.67. The lowest BCUT2D eigenvalue weighted by atomic mass is 9.96. The molecule has 150 valence electrons. The molecule has 1 aromatic carbocycles. The molecule has 0 unspecified atom stereocenters. The van der Waals surface area contributed by atoms with E-state index in [1.54, 1.807) is 0 Å². The fourth-order valence-electron chi connectivity index (χ4n) is 5.20. The Balaban J connectivity index is 1.51. The van der Waals surface area contributed by atoms with Crippen molar-refractivity contribution in [1.82, 2.24) is 9.88 Å². The van der Waals surface area contributed by atoms with Gasteiger partial charge in [-0.1, -0.05) is 62.5 Å². The number of benzene rings is 1. The number of fused-ring (bicyclic) bond motifs is 1. The summed E-state index contributed by atoms with van der Waals surface area (Å²) in [7, 11) is 0. The number of pyridine rings is 1. The van der Waals surface area contributed by atoms with E-state index in [1.807, 2.05) is 0 Å². The van der Waals surface area contributed by atoms with E-state index in [2.05, 4.69) is 48.2 Å². The molecule has 0 amide bonds. The van der Waals surface area contributed by atoms with E-state index < -0.39 is 0 Å². The minimum absolute atomic E-state index is 0.989. The summed E-state index contributed by atoms with van der Waals surface area (Å²) < 4.78 is 0. The number of aromatic nitrogens is 1. The number of rotatable bonds is 7. The van der Waals surface area contributed by atoms with Gasteiger partial charge >= 0.3 is 0 Å². The summed E-state index contributed by atoms with van der Waals surface area (Å²) in [6.07, 6.45) is 18.4. The second-order valence-electron chi connectivity index (χ2n) is 8.91. The summed E-state index contributed by atoms with van der Waals surface area (Å²) in [6, 6.07) is 8.72. The van der Waals surface area contributed by atoms with Crippen molar-refractivity contribution in [3.63, 3.8) is 0 Å². The van der Waals surface area contributed by atoms with Crippen LogP contribution in [0.4, 0.5) is 0 Å². The summed E-state index contributed by atoms with van der Waals surface area (Å²) in [5.74, 6) is 0.989. The van der Waals surface area contributed by atoms with Crippen LogP contribution in [-0.4, -0.2) is 23.0 Å². The molecule has 2 heteroatoms. The molecule has 1 aromatic heterocycles. The van der Waals surface area contributed by atoms with E-state index in [4.69, 9.17) is 4.98 Å². The molecule has 1 aliphatic heterocycles. The number of allylic oxidation sites excluding steroid dienone is 2. The van der Waals surface area contributed by atoms with Crippen molar-refractivity contribution in [2.45, 2.75) is 77.7 Å². The molecule has 4 rings (SSSR count). The minimum atomic E-state index is 0.989. The van der Waals surface area contributed by atoms with Crippen molar-refractivity contribution < 1.29 is 0 Å². The molecule has 2 aromatic rings. The number of para-hydroxylation sites is 1. The van der Waals surface area contributed by atoms with E-state index in [0.717, 1.165) is 24.4 Å². The topological polar surface area (TPSA) is 16.1 Å². The van der Waals surface area contributed by atoms with Crippen molar-refractivity contribution in [3.8, 4) is 0 Å². The number of piperidine rings is 1. The molecule has 2 aliphatic rings. The predicted octanol–water partition coefficient (Wildman–Crippen LogP) is 6.60. The van der Waals surface area contributed by atoms with Crippen molar-refractivity contribution >= 4 is 10.9 Å². The second kappa shape index (κ2) is 9.69. The van der Waals surface area contributed by atoms with Gasteiger partial charge in [-0.2, -0.15) is 0 Å². The Morgan fingerprint density at radius 2 is 1.75 bits per heavy atom. The molecule has 0 radical (unpaired) electrons. The molecule has 0 N–H and O–H groups in total. The van der Waals surface area contributed by atoms with Crippen LogP contribution in [0, 0.1) is 12.8 Å². The highest BCUT2D eigenvalue weighted by atomic mass is 15.1. The van der Waals surface area contributed by atoms with Gasteiger partial charge in [-0.05, 0) is 75.2 Å².